The molecule has 0 saturated carbocycles. The number of hydrogen-bond donors (Lipinski definition) is 3. The molecule has 0 aromatic heterocycles. The summed E-state index contributed by atoms with van der Waals surface area (Å²) in [5.74, 6) is -0.514. The number of urea groups is 1. The maximum absolute atomic E-state index is 13.4. The molecule has 34 heavy (non-hydrogen) atoms. The molecule has 0 spiro atoms. The summed E-state index contributed by atoms with van der Waals surface area (Å²) >= 11 is 0. The Bertz CT molecular complexity index is 1090. The number of nitrogens with one attached hydrogen (secondary N) is 3. The Balaban J connectivity index is 1.35. The van der Waals surface area contributed by atoms with E-state index in [4.69, 9.17) is 4.74 Å². The lowest BCUT2D eigenvalue weighted by atomic mass is 10.0. The van der Waals surface area contributed by atoms with Crippen LogP contribution in [0.1, 0.15) is 22.0 Å². The summed E-state index contributed by atoms with van der Waals surface area (Å²) in [6.07, 6.45) is 0. The first-order valence-electron chi connectivity index (χ1n) is 11.2. The molecule has 3 amide bonds. The van der Waals surface area contributed by atoms with E-state index in [2.05, 4.69) is 20.9 Å². The highest BCUT2D eigenvalue weighted by Crippen LogP contribution is 2.22. The van der Waals surface area contributed by atoms with E-state index < -0.39 is 0 Å². The van der Waals surface area contributed by atoms with Crippen molar-refractivity contribution in [2.75, 3.05) is 43.5 Å². The van der Waals surface area contributed by atoms with Gasteiger partial charge >= 0.3 is 6.03 Å². The fourth-order valence-corrected chi connectivity index (χ4v) is 3.84. The van der Waals surface area contributed by atoms with Gasteiger partial charge < -0.3 is 20.7 Å². The first-order chi connectivity index (χ1) is 16.6. The van der Waals surface area contributed by atoms with Gasteiger partial charge in [0.1, 0.15) is 5.82 Å². The van der Waals surface area contributed by atoms with Gasteiger partial charge in [-0.3, -0.25) is 9.69 Å². The van der Waals surface area contributed by atoms with Crippen LogP contribution in [0.15, 0.2) is 78.9 Å². The number of ether oxygens (including phenoxy) is 1. The highest BCUT2D eigenvalue weighted by Gasteiger charge is 2.23. The van der Waals surface area contributed by atoms with E-state index in [1.807, 2.05) is 18.2 Å². The standard InChI is InChI=1S/C26H27FN4O3/c27-21-10-6-19(7-11-21)24(31-14-16-34-17-15-31)18-28-25(32)20-8-12-23(13-9-20)30-26(33)29-22-4-2-1-3-5-22/h1-13,24H,14-18H2,(H,28,32)(H2,29,30,33). The van der Waals surface area contributed by atoms with Gasteiger partial charge in [-0.2, -0.15) is 0 Å². The second-order valence-electron chi connectivity index (χ2n) is 7.95. The quantitative estimate of drug-likeness (QED) is 0.490. The minimum Gasteiger partial charge on any atom is -0.379 e. The van der Waals surface area contributed by atoms with Crippen molar-refractivity contribution in [2.24, 2.45) is 0 Å². The molecule has 3 aromatic rings. The zero-order chi connectivity index (χ0) is 23.8. The van der Waals surface area contributed by atoms with E-state index in [1.54, 1.807) is 48.5 Å². The molecule has 0 aliphatic carbocycles. The van der Waals surface area contributed by atoms with Crippen molar-refractivity contribution < 1.29 is 18.7 Å². The predicted molar refractivity (Wildman–Crippen MR) is 129 cm³/mol. The molecular formula is C26H27FN4O3. The molecule has 1 aliphatic heterocycles. The number of carbonyl (C=O) groups excluding carboxylic acids is 2. The van der Waals surface area contributed by atoms with Crippen LogP contribution in [0.4, 0.5) is 20.6 Å². The number of morpholine rings is 1. The van der Waals surface area contributed by atoms with Crippen LogP contribution in [0.5, 0.6) is 0 Å². The SMILES string of the molecule is O=C(Nc1ccccc1)Nc1ccc(C(=O)NCC(c2ccc(F)cc2)N2CCOCC2)cc1. The largest absolute Gasteiger partial charge is 0.379 e. The number of carbonyl (C=O) groups is 2. The Morgan fingerprint density at radius 2 is 1.47 bits per heavy atom. The Morgan fingerprint density at radius 3 is 2.12 bits per heavy atom. The van der Waals surface area contributed by atoms with Crippen molar-refractivity contribution in [2.45, 2.75) is 6.04 Å². The molecule has 4 rings (SSSR count). The molecular weight excluding hydrogens is 435 g/mol. The van der Waals surface area contributed by atoms with Crippen LogP contribution >= 0.6 is 0 Å². The number of rotatable bonds is 7. The zero-order valence-electron chi connectivity index (χ0n) is 18.7. The van der Waals surface area contributed by atoms with Crippen LogP contribution in [-0.4, -0.2) is 49.7 Å². The Labute approximate surface area is 197 Å². The van der Waals surface area contributed by atoms with Crippen LogP contribution in [-0.2, 0) is 4.74 Å². The van der Waals surface area contributed by atoms with Crippen LogP contribution in [0.2, 0.25) is 0 Å². The van der Waals surface area contributed by atoms with Gasteiger partial charge in [-0.05, 0) is 54.1 Å². The second-order valence-corrected chi connectivity index (χ2v) is 7.95. The fraction of sp³-hybridized carbons (Fsp3) is 0.231. The summed E-state index contributed by atoms with van der Waals surface area (Å²) in [7, 11) is 0. The molecule has 1 unspecified atom stereocenters. The zero-order valence-corrected chi connectivity index (χ0v) is 18.7. The molecule has 8 heteroatoms. The molecule has 1 aliphatic rings. The van der Waals surface area contributed by atoms with E-state index in [-0.39, 0.29) is 23.8 Å². The highest BCUT2D eigenvalue weighted by atomic mass is 19.1. The van der Waals surface area contributed by atoms with Gasteiger partial charge in [0.2, 0.25) is 0 Å². The molecule has 1 fully saturated rings. The summed E-state index contributed by atoms with van der Waals surface area (Å²) in [6.45, 7) is 3.10. The maximum atomic E-state index is 13.4. The van der Waals surface area contributed by atoms with Crippen molar-refractivity contribution in [3.8, 4) is 0 Å². The van der Waals surface area contributed by atoms with Crippen LogP contribution in [0.25, 0.3) is 0 Å². The molecule has 1 heterocycles. The number of anilines is 2. The maximum Gasteiger partial charge on any atom is 0.323 e. The first-order valence-corrected chi connectivity index (χ1v) is 11.2. The van der Waals surface area contributed by atoms with Gasteiger partial charge in [0.05, 0.1) is 19.3 Å². The van der Waals surface area contributed by atoms with Gasteiger partial charge in [-0.1, -0.05) is 30.3 Å². The van der Waals surface area contributed by atoms with Gasteiger partial charge in [0.25, 0.3) is 5.91 Å². The number of amides is 3. The lowest BCUT2D eigenvalue weighted by Crippen LogP contribution is -2.43. The molecule has 0 bridgehead atoms. The summed E-state index contributed by atoms with van der Waals surface area (Å²) in [6, 6.07) is 21.7. The average molecular weight is 463 g/mol. The number of halogens is 1. The third-order valence-electron chi connectivity index (χ3n) is 5.63. The summed E-state index contributed by atoms with van der Waals surface area (Å²) in [4.78, 5) is 27.2. The lowest BCUT2D eigenvalue weighted by molar-refractivity contribution is 0.0162. The number of benzene rings is 3. The Morgan fingerprint density at radius 1 is 0.853 bits per heavy atom. The molecule has 7 nitrogen and oxygen atoms in total. The first kappa shape index (κ1) is 23.4. The Kier molecular flexibility index (Phi) is 7.85. The minimum atomic E-state index is -0.365. The molecule has 176 valence electrons. The molecule has 1 atom stereocenters. The Hall–Kier alpha value is -3.75. The minimum absolute atomic E-state index is 0.0870. The van der Waals surface area contributed by atoms with Crippen LogP contribution in [0.3, 0.4) is 0 Å². The number of para-hydroxylation sites is 1. The van der Waals surface area contributed by atoms with Crippen molar-refractivity contribution >= 4 is 23.3 Å². The van der Waals surface area contributed by atoms with Gasteiger partial charge in [-0.25, -0.2) is 9.18 Å². The smallest absolute Gasteiger partial charge is 0.323 e. The van der Waals surface area contributed by atoms with Gasteiger partial charge in [0, 0.05) is 36.6 Å². The molecule has 3 N–H and O–H groups in total. The molecule has 1 saturated heterocycles. The normalized spacial score (nSPS) is 14.7. The van der Waals surface area contributed by atoms with E-state index in [9.17, 15) is 14.0 Å². The van der Waals surface area contributed by atoms with Crippen molar-refractivity contribution in [1.82, 2.24) is 10.2 Å². The van der Waals surface area contributed by atoms with Gasteiger partial charge in [0.15, 0.2) is 0 Å². The van der Waals surface area contributed by atoms with Crippen molar-refractivity contribution in [1.29, 1.82) is 0 Å². The van der Waals surface area contributed by atoms with E-state index in [1.165, 1.54) is 12.1 Å². The summed E-state index contributed by atoms with van der Waals surface area (Å²) in [5.41, 5.74) is 2.68. The lowest BCUT2D eigenvalue weighted by Gasteiger charge is -2.35. The topological polar surface area (TPSA) is 82.7 Å². The van der Waals surface area contributed by atoms with Crippen LogP contribution in [0, 0.1) is 5.82 Å². The number of hydrogen-bond acceptors (Lipinski definition) is 4. The van der Waals surface area contributed by atoms with Crippen molar-refractivity contribution in [3.63, 3.8) is 0 Å². The van der Waals surface area contributed by atoms with E-state index in [0.717, 1.165) is 18.7 Å². The highest BCUT2D eigenvalue weighted by molar-refractivity contribution is 6.00. The molecule has 0 radical (unpaired) electrons. The van der Waals surface area contributed by atoms with Crippen LogP contribution < -0.4 is 16.0 Å². The second kappa shape index (κ2) is 11.4. The molecule has 3 aromatic carbocycles. The van der Waals surface area contributed by atoms with Crippen molar-refractivity contribution in [3.05, 3.63) is 95.8 Å². The third kappa shape index (κ3) is 6.40. The monoisotopic (exact) mass is 462 g/mol. The van der Waals surface area contributed by atoms with Gasteiger partial charge in [-0.15, -0.1) is 0 Å². The van der Waals surface area contributed by atoms with E-state index >= 15 is 0 Å². The number of nitrogens with zero attached hydrogens (tertiary/aromatic N) is 1. The van der Waals surface area contributed by atoms with E-state index in [0.29, 0.717) is 36.7 Å². The average Bonchev–Trinajstić information content (AvgIpc) is 2.87. The predicted octanol–water partition coefficient (Wildman–Crippen LogP) is 4.27. The third-order valence-corrected chi connectivity index (χ3v) is 5.63. The summed E-state index contributed by atoms with van der Waals surface area (Å²) in [5, 5.41) is 8.48. The summed E-state index contributed by atoms with van der Waals surface area (Å²) < 4.78 is 18.9. The fourth-order valence-electron chi connectivity index (χ4n) is 3.84.